The molecule has 1 aromatic heterocycles. The molecule has 0 bridgehead atoms. The van der Waals surface area contributed by atoms with Gasteiger partial charge in [0.2, 0.25) is 11.7 Å². The van der Waals surface area contributed by atoms with Crippen LogP contribution in [0.15, 0.2) is 58.5 Å². The third-order valence-corrected chi connectivity index (χ3v) is 3.99. The van der Waals surface area contributed by atoms with Crippen molar-refractivity contribution < 1.29 is 13.2 Å². The zero-order valence-corrected chi connectivity index (χ0v) is 14.7. The molecular formula is C18H19F3N6. The molecule has 2 aromatic rings. The number of aliphatic imine (C=N–C) groups is 2. The van der Waals surface area contributed by atoms with Crippen LogP contribution in [0.1, 0.15) is 25.2 Å². The van der Waals surface area contributed by atoms with E-state index in [9.17, 15) is 13.2 Å². The largest absolute Gasteiger partial charge is 0.433 e. The van der Waals surface area contributed by atoms with E-state index in [0.717, 1.165) is 11.8 Å². The van der Waals surface area contributed by atoms with Crippen molar-refractivity contribution in [3.8, 4) is 0 Å². The Morgan fingerprint density at radius 2 is 1.74 bits per heavy atom. The lowest BCUT2D eigenvalue weighted by atomic mass is 10.1. The third kappa shape index (κ3) is 4.25. The molecule has 9 heteroatoms. The lowest BCUT2D eigenvalue weighted by molar-refractivity contribution is -0.141. The number of nitrogens with zero attached hydrogens (tertiary/aromatic N) is 3. The van der Waals surface area contributed by atoms with Crippen LogP contribution in [0, 0.1) is 5.92 Å². The van der Waals surface area contributed by atoms with Gasteiger partial charge in [-0.2, -0.15) is 13.2 Å². The Bertz CT molecular complexity index is 876. The highest BCUT2D eigenvalue weighted by molar-refractivity contribution is 6.12. The van der Waals surface area contributed by atoms with Crippen LogP contribution in [0.5, 0.6) is 0 Å². The highest BCUT2D eigenvalue weighted by Gasteiger charge is 2.35. The summed E-state index contributed by atoms with van der Waals surface area (Å²) in [5, 5.41) is 5.95. The van der Waals surface area contributed by atoms with Gasteiger partial charge in [-0.15, -0.1) is 0 Å². The molecule has 1 aliphatic rings. The molecule has 0 radical (unpaired) electrons. The zero-order valence-electron chi connectivity index (χ0n) is 14.7. The average molecular weight is 376 g/mol. The van der Waals surface area contributed by atoms with E-state index in [2.05, 4.69) is 25.6 Å². The number of nitrogens with one attached hydrogen (secondary N) is 2. The first kappa shape index (κ1) is 18.8. The fourth-order valence-corrected chi connectivity index (χ4v) is 2.37. The van der Waals surface area contributed by atoms with Crippen LogP contribution in [0.4, 0.5) is 18.9 Å². The fraction of sp³-hybridized carbons (Fsp3) is 0.278. The molecule has 1 unspecified atom stereocenters. The van der Waals surface area contributed by atoms with Crippen LogP contribution in [0.25, 0.3) is 0 Å². The molecule has 3 rings (SSSR count). The van der Waals surface area contributed by atoms with Gasteiger partial charge >= 0.3 is 6.18 Å². The Labute approximate surface area is 154 Å². The molecule has 1 aliphatic heterocycles. The molecule has 0 spiro atoms. The highest BCUT2D eigenvalue weighted by atomic mass is 19.4. The summed E-state index contributed by atoms with van der Waals surface area (Å²) in [7, 11) is 0. The van der Waals surface area contributed by atoms with Crippen molar-refractivity contribution in [2.75, 3.05) is 5.32 Å². The molecule has 0 saturated heterocycles. The van der Waals surface area contributed by atoms with Crippen LogP contribution in [0.2, 0.25) is 0 Å². The summed E-state index contributed by atoms with van der Waals surface area (Å²) in [5.41, 5.74) is 6.06. The second-order valence-corrected chi connectivity index (χ2v) is 6.38. The van der Waals surface area contributed by atoms with E-state index in [0.29, 0.717) is 0 Å². The van der Waals surface area contributed by atoms with Crippen molar-refractivity contribution in [1.29, 1.82) is 0 Å². The minimum absolute atomic E-state index is 0.0301. The predicted molar refractivity (Wildman–Crippen MR) is 98.2 cm³/mol. The second kappa shape index (κ2) is 6.99. The van der Waals surface area contributed by atoms with Crippen LogP contribution in [-0.2, 0) is 6.18 Å². The van der Waals surface area contributed by atoms with Gasteiger partial charge in [-0.1, -0.05) is 38.1 Å². The Kier molecular flexibility index (Phi) is 4.88. The smallest absolute Gasteiger partial charge is 0.326 e. The summed E-state index contributed by atoms with van der Waals surface area (Å²) < 4.78 is 39.0. The van der Waals surface area contributed by atoms with E-state index in [1.807, 2.05) is 44.2 Å². The molecule has 2 heterocycles. The van der Waals surface area contributed by atoms with E-state index in [4.69, 9.17) is 5.73 Å². The van der Waals surface area contributed by atoms with Gasteiger partial charge in [0.25, 0.3) is 0 Å². The topological polar surface area (TPSA) is 87.7 Å². The number of pyridine rings is 1. The molecule has 1 aromatic carbocycles. The number of hydrogen-bond acceptors (Lipinski definition) is 6. The monoisotopic (exact) mass is 376 g/mol. The number of para-hydroxylation sites is 1. The maximum atomic E-state index is 13.0. The Balaban J connectivity index is 1.97. The van der Waals surface area contributed by atoms with E-state index < -0.39 is 17.7 Å². The van der Waals surface area contributed by atoms with E-state index >= 15 is 0 Å². The number of guanidine groups is 1. The number of nitrogens with two attached hydrogens (primary N) is 1. The number of alkyl halides is 3. The summed E-state index contributed by atoms with van der Waals surface area (Å²) in [6.45, 7) is 3.66. The van der Waals surface area contributed by atoms with Gasteiger partial charge in [0.15, 0.2) is 5.84 Å². The highest BCUT2D eigenvalue weighted by Crippen LogP contribution is 2.28. The van der Waals surface area contributed by atoms with E-state index in [-0.39, 0.29) is 23.4 Å². The Morgan fingerprint density at radius 3 is 2.37 bits per heavy atom. The van der Waals surface area contributed by atoms with Crippen LogP contribution in [-0.4, -0.2) is 22.6 Å². The third-order valence-electron chi connectivity index (χ3n) is 3.99. The van der Waals surface area contributed by atoms with E-state index in [1.165, 1.54) is 12.1 Å². The number of halogens is 3. The number of anilines is 1. The van der Waals surface area contributed by atoms with Gasteiger partial charge in [-0.3, -0.25) is 5.73 Å². The average Bonchev–Trinajstić information content (AvgIpc) is 2.61. The number of hydrogen-bond donors (Lipinski definition) is 3. The molecule has 0 fully saturated rings. The van der Waals surface area contributed by atoms with Crippen molar-refractivity contribution in [1.82, 2.24) is 10.3 Å². The van der Waals surface area contributed by atoms with Gasteiger partial charge < -0.3 is 10.6 Å². The molecule has 0 aliphatic carbocycles. The number of benzene rings is 1. The molecule has 27 heavy (non-hydrogen) atoms. The Morgan fingerprint density at radius 1 is 1.04 bits per heavy atom. The lowest BCUT2D eigenvalue weighted by Gasteiger charge is -2.31. The quantitative estimate of drug-likeness (QED) is 0.768. The maximum absolute atomic E-state index is 13.0. The molecule has 1 atom stereocenters. The van der Waals surface area contributed by atoms with Gasteiger partial charge in [0.1, 0.15) is 11.4 Å². The number of amidine groups is 1. The first-order valence-electron chi connectivity index (χ1n) is 8.30. The fourth-order valence-electron chi connectivity index (χ4n) is 2.37. The van der Waals surface area contributed by atoms with Crippen LogP contribution in [0.3, 0.4) is 0 Å². The number of aromatic nitrogens is 1. The van der Waals surface area contributed by atoms with Gasteiger partial charge in [0.05, 0.1) is 0 Å². The molecule has 4 N–H and O–H groups in total. The second-order valence-electron chi connectivity index (χ2n) is 6.38. The summed E-state index contributed by atoms with van der Waals surface area (Å²) in [4.78, 5) is 12.4. The van der Waals surface area contributed by atoms with Gasteiger partial charge in [0, 0.05) is 11.6 Å². The normalized spacial score (nSPS) is 20.0. The molecule has 0 amide bonds. The molecule has 6 nitrogen and oxygen atoms in total. The maximum Gasteiger partial charge on any atom is 0.433 e. The summed E-state index contributed by atoms with van der Waals surface area (Å²) in [6, 6.07) is 12.8. The predicted octanol–water partition coefficient (Wildman–Crippen LogP) is 3.19. The molecule has 142 valence electrons. The first-order valence-corrected chi connectivity index (χ1v) is 8.30. The van der Waals surface area contributed by atoms with E-state index in [1.54, 1.807) is 0 Å². The minimum Gasteiger partial charge on any atom is -0.326 e. The lowest BCUT2D eigenvalue weighted by Crippen LogP contribution is -2.52. The molecular weight excluding hydrogens is 357 g/mol. The molecule has 0 saturated carbocycles. The van der Waals surface area contributed by atoms with Crippen LogP contribution < -0.4 is 16.4 Å². The van der Waals surface area contributed by atoms with Crippen molar-refractivity contribution in [3.05, 3.63) is 59.9 Å². The van der Waals surface area contributed by atoms with Crippen molar-refractivity contribution in [3.63, 3.8) is 0 Å². The van der Waals surface area contributed by atoms with Crippen molar-refractivity contribution in [2.24, 2.45) is 21.6 Å². The van der Waals surface area contributed by atoms with Crippen LogP contribution >= 0.6 is 0 Å². The SMILES string of the molecule is CC(C)C1(N)N=C(Nc2ccccc2)NC(c2cccc(C(F)(F)F)n2)=N1. The van der Waals surface area contributed by atoms with Gasteiger partial charge in [-0.25, -0.2) is 15.0 Å². The van der Waals surface area contributed by atoms with Crippen molar-refractivity contribution in [2.45, 2.75) is 25.8 Å². The first-order chi connectivity index (χ1) is 12.7. The Hall–Kier alpha value is -2.94. The minimum atomic E-state index is -4.55. The standard InChI is InChI=1S/C18H19F3N6/c1-11(2)18(22)26-15(13-9-6-10-14(24-13)17(19,20)21)25-16(27-18)23-12-7-4-3-5-8-12/h3-11H,22H2,1-2H3,(H2,23,25,26,27). The summed E-state index contributed by atoms with van der Waals surface area (Å²) in [6.07, 6.45) is -4.55. The summed E-state index contributed by atoms with van der Waals surface area (Å²) in [5.74, 6) is -1.14. The number of rotatable bonds is 3. The zero-order chi connectivity index (χ0) is 19.7. The summed E-state index contributed by atoms with van der Waals surface area (Å²) >= 11 is 0. The van der Waals surface area contributed by atoms with Gasteiger partial charge in [-0.05, 0) is 24.3 Å². The van der Waals surface area contributed by atoms with Crippen molar-refractivity contribution >= 4 is 17.5 Å².